The second kappa shape index (κ2) is 9.28. The van der Waals surface area contributed by atoms with Gasteiger partial charge in [0.15, 0.2) is 0 Å². The lowest BCUT2D eigenvalue weighted by molar-refractivity contribution is -0.131. The van der Waals surface area contributed by atoms with Crippen LogP contribution in [0, 0.1) is 19.7 Å². The largest absolute Gasteiger partial charge is 0.340 e. The molecule has 0 fully saturated rings. The number of para-hydroxylation sites is 1. The number of hydrogen-bond acceptors (Lipinski definition) is 3. The normalized spacial score (nSPS) is 10.7. The van der Waals surface area contributed by atoms with Crippen molar-refractivity contribution in [3.8, 4) is 0 Å². The molecule has 0 spiro atoms. The number of likely N-dealkylation sites (N-methyl/N-ethyl adjacent to an activating group) is 2. The zero-order valence-corrected chi connectivity index (χ0v) is 16.3. The molecule has 0 bridgehead atoms. The molecule has 1 N–H and O–H groups in total. The smallest absolute Gasteiger partial charge is 0.238 e. The average Bonchev–Trinajstić information content (AvgIpc) is 2.60. The number of anilines is 1. The van der Waals surface area contributed by atoms with Gasteiger partial charge in [-0.2, -0.15) is 0 Å². The van der Waals surface area contributed by atoms with Crippen molar-refractivity contribution in [2.45, 2.75) is 20.4 Å². The van der Waals surface area contributed by atoms with Crippen molar-refractivity contribution in [2.75, 3.05) is 32.5 Å². The lowest BCUT2D eigenvalue weighted by Crippen LogP contribution is -2.39. The zero-order chi connectivity index (χ0) is 20.0. The van der Waals surface area contributed by atoms with Gasteiger partial charge in [-0.1, -0.05) is 36.4 Å². The van der Waals surface area contributed by atoms with Gasteiger partial charge in [0.2, 0.25) is 11.8 Å². The van der Waals surface area contributed by atoms with E-state index in [0.29, 0.717) is 5.56 Å². The number of aryl methyl sites for hydroxylation is 2. The van der Waals surface area contributed by atoms with E-state index in [-0.39, 0.29) is 37.3 Å². The molecule has 2 rings (SSSR count). The lowest BCUT2D eigenvalue weighted by atomic mass is 10.1. The summed E-state index contributed by atoms with van der Waals surface area (Å²) in [6, 6.07) is 12.2. The number of carbonyl (C=O) groups excluding carboxylic acids is 2. The minimum atomic E-state index is -0.335. The highest BCUT2D eigenvalue weighted by Gasteiger charge is 2.16. The Kier molecular flexibility index (Phi) is 7.07. The van der Waals surface area contributed by atoms with Crippen LogP contribution in [0.25, 0.3) is 0 Å². The van der Waals surface area contributed by atoms with Crippen molar-refractivity contribution in [2.24, 2.45) is 0 Å². The number of nitrogens with zero attached hydrogens (tertiary/aromatic N) is 2. The van der Waals surface area contributed by atoms with Crippen LogP contribution in [-0.4, -0.2) is 48.8 Å². The number of rotatable bonds is 7. The van der Waals surface area contributed by atoms with E-state index < -0.39 is 0 Å². The van der Waals surface area contributed by atoms with E-state index in [0.717, 1.165) is 16.8 Å². The molecule has 2 aromatic rings. The fourth-order valence-corrected chi connectivity index (χ4v) is 2.81. The van der Waals surface area contributed by atoms with E-state index in [2.05, 4.69) is 5.32 Å². The van der Waals surface area contributed by atoms with E-state index in [1.54, 1.807) is 37.2 Å². The Balaban J connectivity index is 1.87. The molecular weight excluding hydrogens is 345 g/mol. The highest BCUT2D eigenvalue weighted by Crippen LogP contribution is 2.19. The zero-order valence-electron chi connectivity index (χ0n) is 16.3. The first-order chi connectivity index (χ1) is 12.8. The van der Waals surface area contributed by atoms with Crippen LogP contribution in [0.1, 0.15) is 16.7 Å². The molecule has 2 aromatic carbocycles. The summed E-state index contributed by atoms with van der Waals surface area (Å²) in [5.74, 6) is -0.696. The van der Waals surface area contributed by atoms with Gasteiger partial charge in [-0.15, -0.1) is 0 Å². The fraction of sp³-hybridized carbons (Fsp3) is 0.333. The fourth-order valence-electron chi connectivity index (χ4n) is 2.81. The third kappa shape index (κ3) is 5.89. The Hall–Kier alpha value is -2.73. The Morgan fingerprint density at radius 3 is 2.22 bits per heavy atom. The van der Waals surface area contributed by atoms with Gasteiger partial charge in [-0.25, -0.2) is 4.39 Å². The number of benzene rings is 2. The summed E-state index contributed by atoms with van der Waals surface area (Å²) in [4.78, 5) is 27.7. The summed E-state index contributed by atoms with van der Waals surface area (Å²) < 4.78 is 13.7. The van der Waals surface area contributed by atoms with Crippen molar-refractivity contribution in [1.82, 2.24) is 9.80 Å². The van der Waals surface area contributed by atoms with Gasteiger partial charge in [-0.3, -0.25) is 14.5 Å². The van der Waals surface area contributed by atoms with Gasteiger partial charge in [0, 0.05) is 24.8 Å². The molecule has 144 valence electrons. The van der Waals surface area contributed by atoms with Crippen molar-refractivity contribution >= 4 is 17.5 Å². The molecular formula is C21H26FN3O2. The molecule has 0 radical (unpaired) electrons. The van der Waals surface area contributed by atoms with Crippen LogP contribution < -0.4 is 5.32 Å². The van der Waals surface area contributed by atoms with Crippen molar-refractivity contribution < 1.29 is 14.0 Å². The van der Waals surface area contributed by atoms with Gasteiger partial charge < -0.3 is 10.2 Å². The molecule has 0 heterocycles. The number of amides is 2. The Bertz CT molecular complexity index is 803. The second-order valence-electron chi connectivity index (χ2n) is 6.83. The minimum absolute atomic E-state index is 0.0745. The molecule has 5 nitrogen and oxygen atoms in total. The predicted molar refractivity (Wildman–Crippen MR) is 105 cm³/mol. The number of hydrogen-bond donors (Lipinski definition) is 1. The third-order valence-electron chi connectivity index (χ3n) is 4.36. The Morgan fingerprint density at radius 2 is 1.59 bits per heavy atom. The van der Waals surface area contributed by atoms with Crippen LogP contribution in [0.4, 0.5) is 10.1 Å². The standard InChI is InChI=1S/C21H26FN3O2/c1-15-8-7-9-16(2)21(15)23-19(26)13-24(3)14-20(27)25(4)12-17-10-5-6-11-18(17)22/h5-11H,12-14H2,1-4H3,(H,23,26). The molecule has 0 aromatic heterocycles. The molecule has 0 aliphatic carbocycles. The maximum absolute atomic E-state index is 13.7. The molecule has 2 amide bonds. The summed E-state index contributed by atoms with van der Waals surface area (Å²) in [7, 11) is 3.33. The molecule has 0 saturated carbocycles. The van der Waals surface area contributed by atoms with E-state index in [4.69, 9.17) is 0 Å². The molecule has 0 aliphatic heterocycles. The molecule has 0 unspecified atom stereocenters. The summed E-state index contributed by atoms with van der Waals surface area (Å²) >= 11 is 0. The predicted octanol–water partition coefficient (Wildman–Crippen LogP) is 2.97. The van der Waals surface area contributed by atoms with Crippen LogP contribution >= 0.6 is 0 Å². The summed E-state index contributed by atoms with van der Waals surface area (Å²) in [5, 5.41) is 2.90. The highest BCUT2D eigenvalue weighted by atomic mass is 19.1. The SMILES string of the molecule is Cc1cccc(C)c1NC(=O)CN(C)CC(=O)N(C)Cc1ccccc1F. The lowest BCUT2D eigenvalue weighted by Gasteiger charge is -2.22. The number of carbonyl (C=O) groups is 2. The van der Waals surface area contributed by atoms with Gasteiger partial charge in [0.25, 0.3) is 0 Å². The number of nitrogens with one attached hydrogen (secondary N) is 1. The van der Waals surface area contributed by atoms with Crippen molar-refractivity contribution in [1.29, 1.82) is 0 Å². The molecule has 6 heteroatoms. The Labute approximate surface area is 159 Å². The second-order valence-corrected chi connectivity index (χ2v) is 6.83. The third-order valence-corrected chi connectivity index (χ3v) is 4.36. The van der Waals surface area contributed by atoms with E-state index in [9.17, 15) is 14.0 Å². The summed E-state index contributed by atoms with van der Waals surface area (Å²) in [6.45, 7) is 4.23. The first-order valence-electron chi connectivity index (χ1n) is 8.80. The van der Waals surface area contributed by atoms with Crippen LogP contribution in [-0.2, 0) is 16.1 Å². The van der Waals surface area contributed by atoms with Crippen LogP contribution in [0.3, 0.4) is 0 Å². The molecule has 0 saturated heterocycles. The molecule has 27 heavy (non-hydrogen) atoms. The summed E-state index contributed by atoms with van der Waals surface area (Å²) in [5.41, 5.74) is 3.25. The van der Waals surface area contributed by atoms with Gasteiger partial charge in [-0.05, 0) is 38.1 Å². The van der Waals surface area contributed by atoms with Crippen LogP contribution in [0.5, 0.6) is 0 Å². The monoisotopic (exact) mass is 371 g/mol. The van der Waals surface area contributed by atoms with Gasteiger partial charge >= 0.3 is 0 Å². The van der Waals surface area contributed by atoms with Crippen LogP contribution in [0.2, 0.25) is 0 Å². The van der Waals surface area contributed by atoms with Crippen molar-refractivity contribution in [3.05, 3.63) is 65.0 Å². The first kappa shape index (κ1) is 20.6. The Morgan fingerprint density at radius 1 is 0.963 bits per heavy atom. The summed E-state index contributed by atoms with van der Waals surface area (Å²) in [6.07, 6.45) is 0. The maximum atomic E-state index is 13.7. The van der Waals surface area contributed by atoms with E-state index in [1.807, 2.05) is 32.0 Å². The van der Waals surface area contributed by atoms with Gasteiger partial charge in [0.1, 0.15) is 5.82 Å². The van der Waals surface area contributed by atoms with E-state index in [1.165, 1.54) is 11.0 Å². The number of halogens is 1. The average molecular weight is 371 g/mol. The van der Waals surface area contributed by atoms with Crippen LogP contribution in [0.15, 0.2) is 42.5 Å². The molecule has 0 aliphatic rings. The van der Waals surface area contributed by atoms with Gasteiger partial charge in [0.05, 0.1) is 13.1 Å². The maximum Gasteiger partial charge on any atom is 0.238 e. The molecule has 0 atom stereocenters. The van der Waals surface area contributed by atoms with E-state index >= 15 is 0 Å². The topological polar surface area (TPSA) is 52.7 Å². The van der Waals surface area contributed by atoms with Crippen molar-refractivity contribution in [3.63, 3.8) is 0 Å². The quantitative estimate of drug-likeness (QED) is 0.814. The first-order valence-corrected chi connectivity index (χ1v) is 8.80. The highest BCUT2D eigenvalue weighted by molar-refractivity contribution is 5.94. The minimum Gasteiger partial charge on any atom is -0.340 e.